The van der Waals surface area contributed by atoms with Crippen LogP contribution in [0, 0.1) is 6.92 Å². The van der Waals surface area contributed by atoms with Gasteiger partial charge in [-0.2, -0.15) is 0 Å². The standard InChI is InChI=1S/C14H17BrS2/c1-9-5-6-10(16-9)13(15)11-7-8-12(17-11)14(2,3)4/h5-8,13H,1-4H3. The van der Waals surface area contributed by atoms with E-state index in [9.17, 15) is 0 Å². The fourth-order valence-corrected chi connectivity index (χ4v) is 4.50. The summed E-state index contributed by atoms with van der Waals surface area (Å²) in [5, 5.41) is 0. The molecule has 0 aliphatic heterocycles. The lowest BCUT2D eigenvalue weighted by Crippen LogP contribution is -2.07. The monoisotopic (exact) mass is 328 g/mol. The molecule has 2 heterocycles. The van der Waals surface area contributed by atoms with Crippen LogP contribution in [0.4, 0.5) is 0 Å². The highest BCUT2D eigenvalue weighted by Crippen LogP contribution is 2.40. The lowest BCUT2D eigenvalue weighted by molar-refractivity contribution is 0.604. The van der Waals surface area contributed by atoms with Gasteiger partial charge in [0.1, 0.15) is 0 Å². The summed E-state index contributed by atoms with van der Waals surface area (Å²) in [6, 6.07) is 8.91. The largest absolute Gasteiger partial charge is 0.144 e. The van der Waals surface area contributed by atoms with E-state index in [1.54, 1.807) is 0 Å². The van der Waals surface area contributed by atoms with Crippen LogP contribution in [-0.4, -0.2) is 0 Å². The molecule has 0 bridgehead atoms. The molecule has 1 atom stereocenters. The summed E-state index contributed by atoms with van der Waals surface area (Å²) in [7, 11) is 0. The Kier molecular flexibility index (Phi) is 3.81. The minimum absolute atomic E-state index is 0.251. The number of halogens is 1. The Bertz CT molecular complexity index is 502. The van der Waals surface area contributed by atoms with Gasteiger partial charge in [-0.05, 0) is 36.6 Å². The first kappa shape index (κ1) is 13.3. The zero-order valence-electron chi connectivity index (χ0n) is 10.6. The summed E-state index contributed by atoms with van der Waals surface area (Å²) in [4.78, 5) is 5.96. The van der Waals surface area contributed by atoms with E-state index >= 15 is 0 Å². The third kappa shape index (κ3) is 3.01. The summed E-state index contributed by atoms with van der Waals surface area (Å²) in [6.45, 7) is 8.95. The second kappa shape index (κ2) is 4.87. The molecule has 3 heteroatoms. The van der Waals surface area contributed by atoms with Gasteiger partial charge in [0.25, 0.3) is 0 Å². The molecule has 0 aromatic carbocycles. The molecule has 0 saturated carbocycles. The average molecular weight is 329 g/mol. The minimum atomic E-state index is 0.251. The lowest BCUT2D eigenvalue weighted by atomic mass is 9.95. The molecule has 17 heavy (non-hydrogen) atoms. The minimum Gasteiger partial charge on any atom is -0.144 e. The fraction of sp³-hybridized carbons (Fsp3) is 0.429. The smallest absolute Gasteiger partial charge is 0.0831 e. The Morgan fingerprint density at radius 1 is 1.00 bits per heavy atom. The molecule has 0 N–H and O–H groups in total. The number of hydrogen-bond acceptors (Lipinski definition) is 2. The zero-order valence-corrected chi connectivity index (χ0v) is 13.8. The molecule has 0 amide bonds. The molecular formula is C14H17BrS2. The normalized spacial score (nSPS) is 13.9. The van der Waals surface area contributed by atoms with Crippen molar-refractivity contribution in [2.45, 2.75) is 37.9 Å². The molecular weight excluding hydrogens is 312 g/mol. The van der Waals surface area contributed by atoms with Gasteiger partial charge in [0.2, 0.25) is 0 Å². The van der Waals surface area contributed by atoms with Gasteiger partial charge in [0.05, 0.1) is 4.83 Å². The van der Waals surface area contributed by atoms with E-state index in [1.165, 1.54) is 19.5 Å². The van der Waals surface area contributed by atoms with Crippen molar-refractivity contribution in [2.75, 3.05) is 0 Å². The molecule has 2 rings (SSSR count). The Balaban J connectivity index is 2.26. The summed E-state index contributed by atoms with van der Waals surface area (Å²) < 4.78 is 0. The van der Waals surface area contributed by atoms with Crippen LogP contribution < -0.4 is 0 Å². The van der Waals surface area contributed by atoms with Gasteiger partial charge in [0, 0.05) is 19.5 Å². The quantitative estimate of drug-likeness (QED) is 0.602. The van der Waals surface area contributed by atoms with Crippen molar-refractivity contribution in [1.29, 1.82) is 0 Å². The Morgan fingerprint density at radius 2 is 1.59 bits per heavy atom. The van der Waals surface area contributed by atoms with Crippen molar-refractivity contribution < 1.29 is 0 Å². The van der Waals surface area contributed by atoms with E-state index in [-0.39, 0.29) is 5.41 Å². The molecule has 0 nitrogen and oxygen atoms in total. The molecule has 92 valence electrons. The highest BCUT2D eigenvalue weighted by Gasteiger charge is 2.20. The highest BCUT2D eigenvalue weighted by atomic mass is 79.9. The van der Waals surface area contributed by atoms with Gasteiger partial charge in [-0.1, -0.05) is 36.7 Å². The SMILES string of the molecule is Cc1ccc(C(Br)c2ccc(C(C)(C)C)s2)s1. The van der Waals surface area contributed by atoms with Crippen LogP contribution in [-0.2, 0) is 5.41 Å². The molecule has 0 aliphatic rings. The van der Waals surface area contributed by atoms with E-state index in [4.69, 9.17) is 0 Å². The maximum atomic E-state index is 3.81. The zero-order chi connectivity index (χ0) is 12.6. The Hall–Kier alpha value is -0.120. The molecule has 2 aromatic heterocycles. The molecule has 0 saturated heterocycles. The van der Waals surface area contributed by atoms with Gasteiger partial charge in [-0.15, -0.1) is 22.7 Å². The average Bonchev–Trinajstić information content (AvgIpc) is 2.83. The number of aryl methyl sites for hydroxylation is 1. The van der Waals surface area contributed by atoms with Crippen molar-refractivity contribution in [2.24, 2.45) is 0 Å². The van der Waals surface area contributed by atoms with E-state index in [2.05, 4.69) is 67.9 Å². The van der Waals surface area contributed by atoms with Crippen LogP contribution in [0.15, 0.2) is 24.3 Å². The van der Waals surface area contributed by atoms with E-state index in [0.717, 1.165) is 0 Å². The molecule has 0 spiro atoms. The number of thiophene rings is 2. The first-order valence-electron chi connectivity index (χ1n) is 5.68. The second-order valence-electron chi connectivity index (χ2n) is 5.26. The predicted molar refractivity (Wildman–Crippen MR) is 82.8 cm³/mol. The summed E-state index contributed by atoms with van der Waals surface area (Å²) >= 11 is 7.59. The second-order valence-corrected chi connectivity index (χ2v) is 8.61. The topological polar surface area (TPSA) is 0 Å². The van der Waals surface area contributed by atoms with Crippen LogP contribution in [0.25, 0.3) is 0 Å². The van der Waals surface area contributed by atoms with E-state index in [1.807, 2.05) is 22.7 Å². The van der Waals surface area contributed by atoms with Crippen molar-refractivity contribution in [1.82, 2.24) is 0 Å². The maximum absolute atomic E-state index is 3.81. The van der Waals surface area contributed by atoms with Gasteiger partial charge in [-0.3, -0.25) is 0 Å². The van der Waals surface area contributed by atoms with Crippen LogP contribution in [0.2, 0.25) is 0 Å². The lowest BCUT2D eigenvalue weighted by Gasteiger charge is -2.15. The summed E-state index contributed by atoms with van der Waals surface area (Å²) in [5.74, 6) is 0. The van der Waals surface area contributed by atoms with Gasteiger partial charge < -0.3 is 0 Å². The third-order valence-corrected chi connectivity index (χ3v) is 6.86. The fourth-order valence-electron chi connectivity index (χ4n) is 1.62. The van der Waals surface area contributed by atoms with Crippen LogP contribution in [0.3, 0.4) is 0 Å². The van der Waals surface area contributed by atoms with Gasteiger partial charge in [0.15, 0.2) is 0 Å². The van der Waals surface area contributed by atoms with Crippen molar-refractivity contribution in [3.8, 4) is 0 Å². The van der Waals surface area contributed by atoms with Gasteiger partial charge in [-0.25, -0.2) is 0 Å². The van der Waals surface area contributed by atoms with Crippen molar-refractivity contribution in [3.63, 3.8) is 0 Å². The van der Waals surface area contributed by atoms with E-state index in [0.29, 0.717) is 4.83 Å². The number of rotatable bonds is 2. The number of hydrogen-bond donors (Lipinski definition) is 0. The summed E-state index contributed by atoms with van der Waals surface area (Å²) in [5.41, 5.74) is 0.251. The Labute approximate surface area is 120 Å². The van der Waals surface area contributed by atoms with Crippen LogP contribution in [0.5, 0.6) is 0 Å². The first-order valence-corrected chi connectivity index (χ1v) is 8.23. The third-order valence-electron chi connectivity index (χ3n) is 2.63. The summed E-state index contributed by atoms with van der Waals surface area (Å²) in [6.07, 6.45) is 0. The maximum Gasteiger partial charge on any atom is 0.0831 e. The van der Waals surface area contributed by atoms with E-state index < -0.39 is 0 Å². The molecule has 0 radical (unpaired) electrons. The van der Waals surface area contributed by atoms with Crippen LogP contribution >= 0.6 is 38.6 Å². The van der Waals surface area contributed by atoms with Crippen molar-refractivity contribution in [3.05, 3.63) is 43.8 Å². The highest BCUT2D eigenvalue weighted by molar-refractivity contribution is 9.09. The molecule has 0 fully saturated rings. The molecule has 2 aromatic rings. The predicted octanol–water partition coefficient (Wildman–Crippen LogP) is 5.90. The Morgan fingerprint density at radius 3 is 2.06 bits per heavy atom. The van der Waals surface area contributed by atoms with Gasteiger partial charge >= 0.3 is 0 Å². The van der Waals surface area contributed by atoms with Crippen molar-refractivity contribution >= 4 is 38.6 Å². The number of alkyl halides is 1. The molecule has 1 unspecified atom stereocenters. The van der Waals surface area contributed by atoms with Crippen LogP contribution in [0.1, 0.15) is 45.1 Å². The molecule has 0 aliphatic carbocycles. The first-order chi connectivity index (χ1) is 7.88.